The monoisotopic (exact) mass is 224 g/mol. The van der Waals surface area contributed by atoms with Crippen LogP contribution in [0.2, 0.25) is 0 Å². The summed E-state index contributed by atoms with van der Waals surface area (Å²) in [6.45, 7) is 10.0. The molecule has 0 radical (unpaired) electrons. The summed E-state index contributed by atoms with van der Waals surface area (Å²) in [5, 5.41) is 3.18. The zero-order valence-electron chi connectivity index (χ0n) is 11.0. The molecule has 16 heavy (non-hydrogen) atoms. The van der Waals surface area contributed by atoms with Gasteiger partial charge in [0.05, 0.1) is 6.34 Å². The molecule has 1 saturated heterocycles. The number of piperazine rings is 1. The lowest BCUT2D eigenvalue weighted by molar-refractivity contribution is 0.163. The number of hydrogen-bond acceptors (Lipinski definition) is 3. The molecule has 0 unspecified atom stereocenters. The molecule has 1 fully saturated rings. The highest BCUT2D eigenvalue weighted by molar-refractivity contribution is 5.57. The Morgan fingerprint density at radius 3 is 2.44 bits per heavy atom. The van der Waals surface area contributed by atoms with Crippen LogP contribution in [-0.2, 0) is 0 Å². The first-order valence-electron chi connectivity index (χ1n) is 5.88. The van der Waals surface area contributed by atoms with Gasteiger partial charge in [0.1, 0.15) is 0 Å². The Hall–Kier alpha value is -0.870. The van der Waals surface area contributed by atoms with E-state index in [-0.39, 0.29) is 0 Å². The zero-order chi connectivity index (χ0) is 12.0. The smallest absolute Gasteiger partial charge is 0.0861 e. The molecular weight excluding hydrogens is 200 g/mol. The first-order chi connectivity index (χ1) is 7.63. The summed E-state index contributed by atoms with van der Waals surface area (Å²) in [4.78, 5) is 8.81. The molecule has 0 spiro atoms. The topological polar surface area (TPSA) is 30.9 Å². The Kier molecular flexibility index (Phi) is 5.49. The van der Waals surface area contributed by atoms with Gasteiger partial charge in [-0.1, -0.05) is 0 Å². The molecule has 0 amide bonds. The van der Waals surface area contributed by atoms with Crippen LogP contribution in [0.5, 0.6) is 0 Å². The maximum absolute atomic E-state index is 3.92. The molecule has 0 saturated carbocycles. The van der Waals surface area contributed by atoms with Crippen molar-refractivity contribution in [1.82, 2.24) is 15.1 Å². The van der Waals surface area contributed by atoms with Crippen molar-refractivity contribution in [1.29, 1.82) is 0 Å². The molecule has 0 aliphatic carbocycles. The highest BCUT2D eigenvalue weighted by Gasteiger charge is 2.13. The largest absolute Gasteiger partial charge is 0.350 e. The number of nitrogens with zero attached hydrogens (tertiary/aromatic N) is 3. The van der Waals surface area contributed by atoms with Gasteiger partial charge in [-0.2, -0.15) is 0 Å². The van der Waals surface area contributed by atoms with Crippen LogP contribution in [0, 0.1) is 0 Å². The molecule has 1 rings (SSSR count). The number of aliphatic imine (C=N–C) groups is 1. The van der Waals surface area contributed by atoms with Crippen molar-refractivity contribution in [3.8, 4) is 0 Å². The van der Waals surface area contributed by atoms with Crippen molar-refractivity contribution in [2.45, 2.75) is 13.8 Å². The average Bonchev–Trinajstić information content (AvgIpc) is 2.29. The molecule has 0 aromatic rings. The fraction of sp³-hybridized carbons (Fsp3) is 0.750. The van der Waals surface area contributed by atoms with Crippen molar-refractivity contribution in [2.24, 2.45) is 4.99 Å². The first-order valence-corrected chi connectivity index (χ1v) is 5.88. The molecule has 4 nitrogen and oxygen atoms in total. The van der Waals surface area contributed by atoms with Crippen molar-refractivity contribution < 1.29 is 0 Å². The third-order valence-corrected chi connectivity index (χ3v) is 3.11. The van der Waals surface area contributed by atoms with Crippen LogP contribution in [0.15, 0.2) is 16.3 Å². The Morgan fingerprint density at radius 2 is 1.88 bits per heavy atom. The lowest BCUT2D eigenvalue weighted by Crippen LogP contribution is -2.45. The van der Waals surface area contributed by atoms with E-state index in [1.807, 2.05) is 0 Å². The van der Waals surface area contributed by atoms with Gasteiger partial charge in [0.15, 0.2) is 0 Å². The van der Waals surface area contributed by atoms with E-state index in [1.54, 1.807) is 13.4 Å². The summed E-state index contributed by atoms with van der Waals surface area (Å²) in [5.41, 5.74) is 2.61. The summed E-state index contributed by atoms with van der Waals surface area (Å²) >= 11 is 0. The van der Waals surface area contributed by atoms with E-state index in [4.69, 9.17) is 0 Å². The Bertz CT molecular complexity index is 262. The van der Waals surface area contributed by atoms with E-state index >= 15 is 0 Å². The average molecular weight is 224 g/mol. The molecule has 92 valence electrons. The van der Waals surface area contributed by atoms with Crippen LogP contribution in [0.25, 0.3) is 0 Å². The second-order valence-corrected chi connectivity index (χ2v) is 4.52. The molecule has 0 bridgehead atoms. The third-order valence-electron chi connectivity index (χ3n) is 3.11. The highest BCUT2D eigenvalue weighted by Crippen LogP contribution is 2.06. The number of allylic oxidation sites excluding steroid dienone is 1. The van der Waals surface area contributed by atoms with Crippen molar-refractivity contribution in [3.05, 3.63) is 11.3 Å². The van der Waals surface area contributed by atoms with Crippen LogP contribution in [-0.4, -0.2) is 63.0 Å². The molecule has 1 N–H and O–H groups in total. The zero-order valence-corrected chi connectivity index (χ0v) is 11.0. The van der Waals surface area contributed by atoms with Gasteiger partial charge in [-0.15, -0.1) is 0 Å². The van der Waals surface area contributed by atoms with Gasteiger partial charge in [-0.25, -0.2) is 0 Å². The summed E-state index contributed by atoms with van der Waals surface area (Å²) in [6, 6.07) is 0. The van der Waals surface area contributed by atoms with Gasteiger partial charge in [0.25, 0.3) is 0 Å². The minimum atomic E-state index is 1.06. The molecule has 1 heterocycles. The molecular formula is C12H24N4. The quantitative estimate of drug-likeness (QED) is 0.565. The Morgan fingerprint density at radius 1 is 1.25 bits per heavy atom. The van der Waals surface area contributed by atoms with Crippen molar-refractivity contribution in [2.75, 3.05) is 46.8 Å². The van der Waals surface area contributed by atoms with Gasteiger partial charge >= 0.3 is 0 Å². The van der Waals surface area contributed by atoms with Crippen LogP contribution in [0.1, 0.15) is 13.8 Å². The minimum Gasteiger partial charge on any atom is -0.350 e. The number of rotatable bonds is 4. The lowest BCUT2D eigenvalue weighted by Gasteiger charge is -2.32. The predicted molar refractivity (Wildman–Crippen MR) is 69.9 cm³/mol. The highest BCUT2D eigenvalue weighted by atomic mass is 15.2. The molecule has 1 aliphatic heterocycles. The molecule has 0 atom stereocenters. The maximum atomic E-state index is 3.92. The van der Waals surface area contributed by atoms with Crippen LogP contribution in [0.4, 0.5) is 0 Å². The maximum Gasteiger partial charge on any atom is 0.0861 e. The second kappa shape index (κ2) is 6.66. The SMILES string of the molecule is CN=CN/C(C)=C(/C)CN1CCN(C)CC1. The van der Waals surface area contributed by atoms with Gasteiger partial charge in [-0.3, -0.25) is 9.89 Å². The van der Waals surface area contributed by atoms with E-state index in [0.717, 1.165) is 6.54 Å². The van der Waals surface area contributed by atoms with Crippen LogP contribution < -0.4 is 5.32 Å². The summed E-state index contributed by atoms with van der Waals surface area (Å²) in [5.74, 6) is 0. The fourth-order valence-corrected chi connectivity index (χ4v) is 1.74. The molecule has 1 aliphatic rings. The summed E-state index contributed by atoms with van der Waals surface area (Å²) in [6.07, 6.45) is 1.74. The molecule has 0 aromatic heterocycles. The minimum absolute atomic E-state index is 1.06. The number of likely N-dealkylation sites (N-methyl/N-ethyl adjacent to an activating group) is 1. The Labute approximate surface area is 99.0 Å². The van der Waals surface area contributed by atoms with E-state index in [0.29, 0.717) is 0 Å². The molecule has 0 aromatic carbocycles. The molecule has 4 heteroatoms. The predicted octanol–water partition coefficient (Wildman–Crippen LogP) is 0.775. The standard InChI is InChI=1S/C12H24N4/c1-11(12(2)14-10-13-3)9-16-7-5-15(4)6-8-16/h10H,5-9H2,1-4H3,(H,13,14)/b12-11-. The summed E-state index contributed by atoms with van der Waals surface area (Å²) < 4.78 is 0. The van der Waals surface area contributed by atoms with Gasteiger partial charge in [-0.05, 0) is 26.5 Å². The van der Waals surface area contributed by atoms with E-state index in [1.165, 1.54) is 37.4 Å². The van der Waals surface area contributed by atoms with Crippen molar-refractivity contribution >= 4 is 6.34 Å². The second-order valence-electron chi connectivity index (χ2n) is 4.52. The van der Waals surface area contributed by atoms with Gasteiger partial charge in [0, 0.05) is 45.5 Å². The van der Waals surface area contributed by atoms with E-state index in [9.17, 15) is 0 Å². The van der Waals surface area contributed by atoms with Gasteiger partial charge < -0.3 is 10.2 Å². The van der Waals surface area contributed by atoms with Gasteiger partial charge in [0.2, 0.25) is 0 Å². The summed E-state index contributed by atoms with van der Waals surface area (Å²) in [7, 11) is 3.96. The Balaban J connectivity index is 2.40. The van der Waals surface area contributed by atoms with Crippen LogP contribution >= 0.6 is 0 Å². The fourth-order valence-electron chi connectivity index (χ4n) is 1.74. The van der Waals surface area contributed by atoms with Crippen LogP contribution in [0.3, 0.4) is 0 Å². The third kappa shape index (κ3) is 4.33. The lowest BCUT2D eigenvalue weighted by atomic mass is 10.2. The number of nitrogens with one attached hydrogen (secondary N) is 1. The van der Waals surface area contributed by atoms with E-state index in [2.05, 4.69) is 41.0 Å². The van der Waals surface area contributed by atoms with E-state index < -0.39 is 0 Å². The number of hydrogen-bond donors (Lipinski definition) is 1. The van der Waals surface area contributed by atoms with Crippen molar-refractivity contribution in [3.63, 3.8) is 0 Å². The first kappa shape index (κ1) is 13.2. The normalized spacial score (nSPS) is 21.2.